The molecule has 4 aromatic rings. The van der Waals surface area contributed by atoms with E-state index in [4.69, 9.17) is 0 Å². The Bertz CT molecular complexity index is 868. The Morgan fingerprint density at radius 2 is 1.25 bits per heavy atom. The third-order valence-electron chi connectivity index (χ3n) is 3.84. The summed E-state index contributed by atoms with van der Waals surface area (Å²) in [5.74, 6) is 0. The average Bonchev–Trinajstić information content (AvgIpc) is 2.82. The predicted molar refractivity (Wildman–Crippen MR) is 86.2 cm³/mol. The van der Waals surface area contributed by atoms with Crippen LogP contribution in [0.3, 0.4) is 0 Å². The zero-order valence-electron chi connectivity index (χ0n) is 11.4. The van der Waals surface area contributed by atoms with E-state index in [9.17, 15) is 0 Å². The van der Waals surface area contributed by atoms with Crippen molar-refractivity contribution >= 4 is 43.8 Å². The fourth-order valence-electron chi connectivity index (χ4n) is 2.97. The molecule has 0 aliphatic rings. The number of rotatable bonds is 1. The van der Waals surface area contributed by atoms with Gasteiger partial charge in [0, 0.05) is 0 Å². The number of nitrogens with zero attached hydrogens (tertiary/aromatic N) is 1. The van der Waals surface area contributed by atoms with Crippen molar-refractivity contribution in [3.63, 3.8) is 0 Å². The minimum atomic E-state index is 1.22. The van der Waals surface area contributed by atoms with E-state index in [2.05, 4.69) is 95.1 Å². The van der Waals surface area contributed by atoms with Crippen LogP contribution in [0.1, 0.15) is 0 Å². The molecule has 0 aliphatic carbocycles. The van der Waals surface area contributed by atoms with Crippen molar-refractivity contribution in [2.24, 2.45) is 0 Å². The normalized spacial score (nSPS) is 11.3. The molecular weight excluding hydrogens is 237 g/mol. The molecule has 0 spiro atoms. The van der Waals surface area contributed by atoms with Gasteiger partial charge in [-0.2, -0.15) is 0 Å². The van der Waals surface area contributed by atoms with Gasteiger partial charge in [-0.3, -0.25) is 0 Å². The van der Waals surface area contributed by atoms with Gasteiger partial charge in [-0.05, 0) is 0 Å². The summed E-state index contributed by atoms with van der Waals surface area (Å²) in [4.78, 5) is 0. The minimum absolute atomic E-state index is 1.22. The zero-order valence-corrected chi connectivity index (χ0v) is 11.4. The standard InChI is InChI=1S/C18H12N.Li/c1-2-8-14(9-3-1)19-17-12-6-4-10-15(17)16-11-5-7-13-18(16)19;/h1-2,4-13H;. The molecule has 20 heavy (non-hydrogen) atoms. The SMILES string of the molecule is [Li][c]1cccc(-n2c3ccccc3c3ccccc32)c1. The zero-order chi connectivity index (χ0) is 13.5. The fraction of sp³-hybridized carbons (Fsp3) is 0. The summed E-state index contributed by atoms with van der Waals surface area (Å²) in [5.41, 5.74) is 3.75. The molecule has 3 aromatic carbocycles. The Labute approximate surface area is 127 Å². The summed E-state index contributed by atoms with van der Waals surface area (Å²) in [5, 5.41) is 2.62. The summed E-state index contributed by atoms with van der Waals surface area (Å²) >= 11 is 2.14. The van der Waals surface area contributed by atoms with Crippen LogP contribution in [0.15, 0.2) is 72.8 Å². The van der Waals surface area contributed by atoms with Crippen LogP contribution >= 0.6 is 0 Å². The second-order valence-electron chi connectivity index (χ2n) is 5.21. The van der Waals surface area contributed by atoms with E-state index in [1.54, 1.807) is 0 Å². The van der Waals surface area contributed by atoms with Crippen molar-refractivity contribution in [3.8, 4) is 5.69 Å². The van der Waals surface area contributed by atoms with Crippen LogP contribution in [0.4, 0.5) is 0 Å². The van der Waals surface area contributed by atoms with Crippen LogP contribution in [-0.2, 0) is 0 Å². The topological polar surface area (TPSA) is 4.93 Å². The maximum atomic E-state index is 2.34. The molecule has 90 valence electrons. The van der Waals surface area contributed by atoms with Gasteiger partial charge >= 0.3 is 127 Å². The Morgan fingerprint density at radius 1 is 0.650 bits per heavy atom. The van der Waals surface area contributed by atoms with Gasteiger partial charge < -0.3 is 0 Å². The Kier molecular flexibility index (Phi) is 2.70. The molecule has 0 saturated carbocycles. The van der Waals surface area contributed by atoms with Gasteiger partial charge in [-0.25, -0.2) is 0 Å². The van der Waals surface area contributed by atoms with E-state index in [1.165, 1.54) is 31.7 Å². The maximum absolute atomic E-state index is 2.34. The molecule has 0 saturated heterocycles. The van der Waals surface area contributed by atoms with Gasteiger partial charge in [0.15, 0.2) is 0 Å². The Hall–Kier alpha value is -1.94. The second-order valence-corrected chi connectivity index (χ2v) is 5.21. The van der Waals surface area contributed by atoms with Crippen LogP contribution in [0.25, 0.3) is 27.5 Å². The predicted octanol–water partition coefficient (Wildman–Crippen LogP) is 3.58. The third-order valence-corrected chi connectivity index (χ3v) is 3.84. The van der Waals surface area contributed by atoms with Crippen LogP contribution in [0, 0.1) is 0 Å². The van der Waals surface area contributed by atoms with Crippen molar-refractivity contribution in [2.45, 2.75) is 0 Å². The van der Waals surface area contributed by atoms with Crippen molar-refractivity contribution in [3.05, 3.63) is 72.8 Å². The van der Waals surface area contributed by atoms with Gasteiger partial charge in [0.1, 0.15) is 0 Å². The molecule has 0 amide bonds. The molecule has 0 N–H and O–H groups in total. The molecule has 0 fully saturated rings. The van der Waals surface area contributed by atoms with Gasteiger partial charge in [0.25, 0.3) is 0 Å². The second kappa shape index (κ2) is 4.56. The van der Waals surface area contributed by atoms with Crippen molar-refractivity contribution in [2.75, 3.05) is 0 Å². The Morgan fingerprint density at radius 3 is 1.85 bits per heavy atom. The van der Waals surface area contributed by atoms with Crippen LogP contribution < -0.4 is 4.24 Å². The Balaban J connectivity index is 2.21. The molecule has 0 unspecified atom stereocenters. The molecule has 1 aromatic heterocycles. The quantitative estimate of drug-likeness (QED) is 0.454. The van der Waals surface area contributed by atoms with Gasteiger partial charge in [-0.1, -0.05) is 0 Å². The van der Waals surface area contributed by atoms with E-state index in [0.717, 1.165) is 0 Å². The van der Waals surface area contributed by atoms with E-state index >= 15 is 0 Å². The van der Waals surface area contributed by atoms with Crippen molar-refractivity contribution in [1.29, 1.82) is 0 Å². The van der Waals surface area contributed by atoms with E-state index in [0.29, 0.717) is 0 Å². The molecule has 4 rings (SSSR count). The molecule has 0 atom stereocenters. The molecule has 1 nitrogen and oxygen atoms in total. The summed E-state index contributed by atoms with van der Waals surface area (Å²) in [6, 6.07) is 25.9. The first kappa shape index (κ1) is 11.8. The summed E-state index contributed by atoms with van der Waals surface area (Å²) in [6.45, 7) is 0. The number of para-hydroxylation sites is 2. The number of hydrogen-bond donors (Lipinski definition) is 0. The monoisotopic (exact) mass is 249 g/mol. The number of hydrogen-bond acceptors (Lipinski definition) is 0. The summed E-state index contributed by atoms with van der Waals surface area (Å²) in [7, 11) is 0. The third kappa shape index (κ3) is 1.72. The molecule has 2 heteroatoms. The number of benzene rings is 3. The fourth-order valence-corrected chi connectivity index (χ4v) is 2.97. The van der Waals surface area contributed by atoms with E-state index in [-0.39, 0.29) is 0 Å². The van der Waals surface area contributed by atoms with Gasteiger partial charge in [0.05, 0.1) is 0 Å². The molecular formula is C18H12LiN. The van der Waals surface area contributed by atoms with E-state index < -0.39 is 0 Å². The molecule has 1 heterocycles. The first-order valence-corrected chi connectivity index (χ1v) is 6.90. The molecule has 0 radical (unpaired) electrons. The van der Waals surface area contributed by atoms with Crippen molar-refractivity contribution < 1.29 is 0 Å². The number of fused-ring (bicyclic) bond motifs is 3. The van der Waals surface area contributed by atoms with Crippen LogP contribution in [0.5, 0.6) is 0 Å². The molecule has 0 bridgehead atoms. The van der Waals surface area contributed by atoms with Gasteiger partial charge in [-0.15, -0.1) is 0 Å². The first-order chi connectivity index (χ1) is 9.84. The van der Waals surface area contributed by atoms with Crippen molar-refractivity contribution in [1.82, 2.24) is 4.57 Å². The number of aromatic nitrogens is 1. The van der Waals surface area contributed by atoms with Gasteiger partial charge in [0.2, 0.25) is 0 Å². The average molecular weight is 249 g/mol. The van der Waals surface area contributed by atoms with Crippen LogP contribution in [0.2, 0.25) is 0 Å². The van der Waals surface area contributed by atoms with E-state index in [1.807, 2.05) is 0 Å². The summed E-state index contributed by atoms with van der Waals surface area (Å²) < 4.78 is 3.63. The molecule has 0 aliphatic heterocycles. The van der Waals surface area contributed by atoms with Crippen LogP contribution in [-0.4, -0.2) is 22.3 Å². The first-order valence-electron chi connectivity index (χ1n) is 6.90. The summed E-state index contributed by atoms with van der Waals surface area (Å²) in [6.07, 6.45) is 0.